The van der Waals surface area contributed by atoms with Crippen LogP contribution in [-0.4, -0.2) is 0 Å². The molecule has 0 N–H and O–H groups in total. The van der Waals surface area contributed by atoms with Gasteiger partial charge in [-0.2, -0.15) is 6.07 Å². The van der Waals surface area contributed by atoms with Crippen LogP contribution in [0.4, 0.5) is 0 Å². The molecule has 0 aliphatic rings. The normalized spacial score (nSPS) is 7.57. The van der Waals surface area contributed by atoms with Crippen LogP contribution in [0.25, 0.3) is 0 Å². The Bertz CT molecular complexity index is 112. The maximum atomic E-state index is 4.71. The summed E-state index contributed by atoms with van der Waals surface area (Å²) >= 11 is 0. The first-order valence-corrected chi connectivity index (χ1v) is 1.82. The molecule has 1 aromatic heterocycles. The molecular formula is C5H5OY-. The quantitative estimate of drug-likeness (QED) is 0.536. The van der Waals surface area contributed by atoms with Gasteiger partial charge in [0, 0.05) is 32.7 Å². The van der Waals surface area contributed by atoms with E-state index in [0.29, 0.717) is 0 Å². The van der Waals surface area contributed by atoms with Gasteiger partial charge in [0.25, 0.3) is 0 Å². The molecule has 1 aromatic rings. The summed E-state index contributed by atoms with van der Waals surface area (Å²) in [7, 11) is 0. The second-order valence-corrected chi connectivity index (χ2v) is 1.16. The summed E-state index contributed by atoms with van der Waals surface area (Å²) in [6, 6.07) is 3.61. The first-order chi connectivity index (χ1) is 2.89. The Kier molecular flexibility index (Phi) is 3.58. The van der Waals surface area contributed by atoms with Gasteiger partial charge in [-0.1, -0.05) is 12.7 Å². The van der Waals surface area contributed by atoms with Crippen LogP contribution < -0.4 is 0 Å². The maximum absolute atomic E-state index is 4.71. The van der Waals surface area contributed by atoms with E-state index in [1.165, 1.54) is 0 Å². The van der Waals surface area contributed by atoms with Gasteiger partial charge in [0.15, 0.2) is 0 Å². The summed E-state index contributed by atoms with van der Waals surface area (Å²) < 4.78 is 4.71. The van der Waals surface area contributed by atoms with Gasteiger partial charge in [0.2, 0.25) is 0 Å². The van der Waals surface area contributed by atoms with Gasteiger partial charge >= 0.3 is 0 Å². The van der Waals surface area contributed by atoms with Crippen LogP contribution in [0.15, 0.2) is 16.5 Å². The van der Waals surface area contributed by atoms with Crippen molar-refractivity contribution in [2.75, 3.05) is 0 Å². The molecule has 1 heterocycles. The second-order valence-electron chi connectivity index (χ2n) is 1.16. The van der Waals surface area contributed by atoms with Crippen LogP contribution in [0, 0.1) is 13.2 Å². The second kappa shape index (κ2) is 3.39. The molecule has 0 saturated heterocycles. The molecule has 0 atom stereocenters. The summed E-state index contributed by atoms with van der Waals surface area (Å²) in [6.07, 6.45) is 2.55. The minimum atomic E-state index is 0. The van der Waals surface area contributed by atoms with Crippen molar-refractivity contribution >= 4 is 0 Å². The summed E-state index contributed by atoms with van der Waals surface area (Å²) in [4.78, 5) is 0. The summed E-state index contributed by atoms with van der Waals surface area (Å²) in [5.41, 5.74) is 0. The van der Waals surface area contributed by atoms with Crippen LogP contribution >= 0.6 is 0 Å². The molecule has 0 aliphatic carbocycles. The molecule has 0 amide bonds. The van der Waals surface area contributed by atoms with Gasteiger partial charge in [0.05, 0.1) is 0 Å². The van der Waals surface area contributed by atoms with Crippen molar-refractivity contribution in [3.8, 4) is 0 Å². The van der Waals surface area contributed by atoms with Crippen LogP contribution in [0.3, 0.4) is 0 Å². The van der Waals surface area contributed by atoms with Crippen molar-refractivity contribution in [1.82, 2.24) is 0 Å². The molecular weight excluding hydrogens is 165 g/mol. The molecule has 0 bridgehead atoms. The van der Waals surface area contributed by atoms with Crippen molar-refractivity contribution < 1.29 is 37.1 Å². The van der Waals surface area contributed by atoms with Crippen LogP contribution in [0.1, 0.15) is 5.76 Å². The zero-order valence-electron chi connectivity index (χ0n) is 4.14. The SMILES string of the molecule is Cc1cc[c-]o1.[Y]. The predicted molar refractivity (Wildman–Crippen MR) is 22.3 cm³/mol. The smallest absolute Gasteiger partial charge is 0 e. The molecule has 1 radical (unpaired) electrons. The zero-order chi connectivity index (χ0) is 4.41. The van der Waals surface area contributed by atoms with Crippen molar-refractivity contribution in [2.24, 2.45) is 0 Å². The van der Waals surface area contributed by atoms with E-state index in [-0.39, 0.29) is 32.7 Å². The van der Waals surface area contributed by atoms with Crippen molar-refractivity contribution in [3.05, 3.63) is 24.2 Å². The Morgan fingerprint density at radius 1 is 1.71 bits per heavy atom. The van der Waals surface area contributed by atoms with Crippen LogP contribution in [-0.2, 0) is 32.7 Å². The maximum Gasteiger partial charge on any atom is 0 e. The molecule has 1 rings (SSSR count). The molecule has 1 nitrogen and oxygen atoms in total. The molecule has 7 heavy (non-hydrogen) atoms. The van der Waals surface area contributed by atoms with E-state index in [0.717, 1.165) is 5.76 Å². The topological polar surface area (TPSA) is 13.1 Å². The van der Waals surface area contributed by atoms with Gasteiger partial charge in [-0.15, -0.1) is 6.07 Å². The molecule has 35 valence electrons. The van der Waals surface area contributed by atoms with Gasteiger partial charge in [-0.3, -0.25) is 0 Å². The van der Waals surface area contributed by atoms with Crippen LogP contribution in [0.2, 0.25) is 0 Å². The zero-order valence-corrected chi connectivity index (χ0v) is 6.98. The number of furan rings is 1. The first-order valence-electron chi connectivity index (χ1n) is 1.82. The van der Waals surface area contributed by atoms with E-state index in [9.17, 15) is 0 Å². The number of rotatable bonds is 0. The molecule has 0 saturated carbocycles. The molecule has 0 aromatic carbocycles. The van der Waals surface area contributed by atoms with Crippen molar-refractivity contribution in [1.29, 1.82) is 0 Å². The fourth-order valence-electron chi connectivity index (χ4n) is 0.312. The molecule has 0 fully saturated rings. The van der Waals surface area contributed by atoms with Crippen molar-refractivity contribution in [3.63, 3.8) is 0 Å². The fourth-order valence-corrected chi connectivity index (χ4v) is 0.312. The number of aryl methyl sites for hydroxylation is 1. The van der Waals surface area contributed by atoms with E-state index >= 15 is 0 Å². The minimum Gasteiger partial charge on any atom is -0.596 e. The van der Waals surface area contributed by atoms with Gasteiger partial charge in [0.1, 0.15) is 0 Å². The average Bonchev–Trinajstić information content (AvgIpc) is 1.86. The Morgan fingerprint density at radius 3 is 2.57 bits per heavy atom. The summed E-state index contributed by atoms with van der Waals surface area (Å²) in [5, 5.41) is 0. The van der Waals surface area contributed by atoms with Crippen LogP contribution in [0.5, 0.6) is 0 Å². The summed E-state index contributed by atoms with van der Waals surface area (Å²) in [6.45, 7) is 1.89. The Hall–Kier alpha value is 0.384. The number of hydrogen-bond donors (Lipinski definition) is 0. The predicted octanol–water partition coefficient (Wildman–Crippen LogP) is 1.39. The van der Waals surface area contributed by atoms with Gasteiger partial charge in [-0.05, 0) is 6.26 Å². The standard InChI is InChI=1S/C5H5O.Y/c1-5-3-2-4-6-5;/h2-3H,1H3;/q-1;. The Morgan fingerprint density at radius 2 is 2.43 bits per heavy atom. The Labute approximate surface area is 68.0 Å². The van der Waals surface area contributed by atoms with Gasteiger partial charge in [-0.25, -0.2) is 0 Å². The Balaban J connectivity index is 0.000000360. The fraction of sp³-hybridized carbons (Fsp3) is 0.200. The summed E-state index contributed by atoms with van der Waals surface area (Å²) in [5.74, 6) is 0.912. The molecule has 0 unspecified atom stereocenters. The third-order valence-electron chi connectivity index (χ3n) is 0.606. The van der Waals surface area contributed by atoms with E-state index < -0.39 is 0 Å². The van der Waals surface area contributed by atoms with Crippen molar-refractivity contribution in [2.45, 2.75) is 6.92 Å². The number of hydrogen-bond acceptors (Lipinski definition) is 1. The minimum absolute atomic E-state index is 0. The first kappa shape index (κ1) is 7.38. The third-order valence-corrected chi connectivity index (χ3v) is 0.606. The monoisotopic (exact) mass is 170 g/mol. The molecule has 0 aliphatic heterocycles. The van der Waals surface area contributed by atoms with E-state index in [1.807, 2.05) is 13.0 Å². The third kappa shape index (κ3) is 2.25. The van der Waals surface area contributed by atoms with E-state index in [1.54, 1.807) is 6.07 Å². The molecule has 0 spiro atoms. The molecule has 2 heteroatoms. The van der Waals surface area contributed by atoms with E-state index in [4.69, 9.17) is 4.42 Å². The van der Waals surface area contributed by atoms with E-state index in [2.05, 4.69) is 6.26 Å². The largest absolute Gasteiger partial charge is 0.596 e. The van der Waals surface area contributed by atoms with Gasteiger partial charge < -0.3 is 4.42 Å². The average molecular weight is 170 g/mol.